The number of hydrogen-bond acceptors (Lipinski definition) is 4. The number of benzene rings is 1. The first-order valence-electron chi connectivity index (χ1n) is 7.07. The molecule has 22 heavy (non-hydrogen) atoms. The van der Waals surface area contributed by atoms with Gasteiger partial charge in [-0.1, -0.05) is 24.3 Å². The van der Waals surface area contributed by atoms with Crippen molar-refractivity contribution in [2.45, 2.75) is 11.3 Å². The average Bonchev–Trinajstić information content (AvgIpc) is 3.12. The van der Waals surface area contributed by atoms with Crippen LogP contribution in [0.5, 0.6) is 0 Å². The van der Waals surface area contributed by atoms with Crippen LogP contribution in [0.4, 0.5) is 5.69 Å². The third-order valence-electron chi connectivity index (χ3n) is 4.88. The maximum Gasteiger partial charge on any atom is 0.240 e. The molecule has 1 aromatic rings. The second-order valence-electron chi connectivity index (χ2n) is 6.02. The number of para-hydroxylation sites is 1. The summed E-state index contributed by atoms with van der Waals surface area (Å²) in [4.78, 5) is 26.2. The lowest BCUT2D eigenvalue weighted by atomic mass is 9.85. The van der Waals surface area contributed by atoms with Gasteiger partial charge in [0.15, 0.2) is 0 Å². The minimum absolute atomic E-state index is 0.0637. The van der Waals surface area contributed by atoms with E-state index in [0.29, 0.717) is 0 Å². The smallest absolute Gasteiger partial charge is 0.240 e. The molecule has 3 aliphatic rings. The van der Waals surface area contributed by atoms with Gasteiger partial charge in [-0.25, -0.2) is 18.5 Å². The van der Waals surface area contributed by atoms with Gasteiger partial charge in [0.2, 0.25) is 21.8 Å². The highest BCUT2D eigenvalue weighted by atomic mass is 32.2. The molecule has 4 atom stereocenters. The summed E-state index contributed by atoms with van der Waals surface area (Å²) in [5.74, 6) is -1.20. The van der Waals surface area contributed by atoms with Crippen molar-refractivity contribution in [2.24, 2.45) is 28.8 Å². The van der Waals surface area contributed by atoms with Gasteiger partial charge in [-0.2, -0.15) is 0 Å². The maximum absolute atomic E-state index is 12.7. The number of carbonyl (C=O) groups excluding carboxylic acids is 2. The highest BCUT2D eigenvalue weighted by molar-refractivity contribution is 7.89. The molecule has 7 heteroatoms. The summed E-state index contributed by atoms with van der Waals surface area (Å²) in [5, 5.41) is 5.21. The number of sulfonamides is 1. The molecule has 2 fully saturated rings. The van der Waals surface area contributed by atoms with Gasteiger partial charge in [-0.15, -0.1) is 0 Å². The Balaban J connectivity index is 1.83. The maximum atomic E-state index is 12.7. The molecule has 0 aromatic heterocycles. The van der Waals surface area contributed by atoms with Crippen molar-refractivity contribution < 1.29 is 18.0 Å². The van der Waals surface area contributed by atoms with E-state index in [-0.39, 0.29) is 46.1 Å². The fourth-order valence-corrected chi connectivity index (χ4v) is 4.74. The van der Waals surface area contributed by atoms with Crippen molar-refractivity contribution in [3.63, 3.8) is 0 Å². The molecule has 2 N–H and O–H groups in total. The molecule has 0 spiro atoms. The van der Waals surface area contributed by atoms with Crippen LogP contribution in [0.25, 0.3) is 0 Å². The summed E-state index contributed by atoms with van der Waals surface area (Å²) in [6.07, 6.45) is 4.82. The van der Waals surface area contributed by atoms with Crippen molar-refractivity contribution in [1.29, 1.82) is 0 Å². The molecule has 4 rings (SSSR count). The van der Waals surface area contributed by atoms with Crippen LogP contribution in [-0.2, 0) is 19.6 Å². The zero-order valence-corrected chi connectivity index (χ0v) is 12.4. The number of fused-ring (bicyclic) bond motifs is 5. The molecule has 1 heterocycles. The van der Waals surface area contributed by atoms with Crippen molar-refractivity contribution in [2.75, 3.05) is 4.90 Å². The zero-order chi connectivity index (χ0) is 15.6. The minimum atomic E-state index is -4.01. The number of imide groups is 1. The molecule has 6 nitrogen and oxygen atoms in total. The number of amides is 2. The van der Waals surface area contributed by atoms with Gasteiger partial charge >= 0.3 is 0 Å². The first-order chi connectivity index (χ1) is 10.4. The van der Waals surface area contributed by atoms with Gasteiger partial charge in [0.25, 0.3) is 0 Å². The largest absolute Gasteiger partial charge is 0.274 e. The van der Waals surface area contributed by atoms with Crippen LogP contribution in [0, 0.1) is 23.7 Å². The van der Waals surface area contributed by atoms with E-state index < -0.39 is 10.0 Å². The molecule has 1 saturated carbocycles. The Labute approximate surface area is 127 Å². The molecular formula is C15H14N2O4S. The number of nitrogens with two attached hydrogens (primary N) is 1. The van der Waals surface area contributed by atoms with Crippen molar-refractivity contribution >= 4 is 27.5 Å². The molecule has 114 valence electrons. The van der Waals surface area contributed by atoms with E-state index >= 15 is 0 Å². The van der Waals surface area contributed by atoms with Crippen LogP contribution in [0.2, 0.25) is 0 Å². The van der Waals surface area contributed by atoms with E-state index in [1.165, 1.54) is 18.2 Å². The minimum Gasteiger partial charge on any atom is -0.274 e. The van der Waals surface area contributed by atoms with Crippen LogP contribution >= 0.6 is 0 Å². The van der Waals surface area contributed by atoms with Gasteiger partial charge in [-0.3, -0.25) is 9.59 Å². The zero-order valence-electron chi connectivity index (χ0n) is 11.5. The lowest BCUT2D eigenvalue weighted by Gasteiger charge is -2.19. The summed E-state index contributed by atoms with van der Waals surface area (Å²) in [7, 11) is -4.01. The predicted molar refractivity (Wildman–Crippen MR) is 78.0 cm³/mol. The third-order valence-corrected chi connectivity index (χ3v) is 5.84. The fourth-order valence-electron chi connectivity index (χ4n) is 4.02. The van der Waals surface area contributed by atoms with E-state index in [4.69, 9.17) is 5.14 Å². The Kier molecular flexibility index (Phi) is 2.65. The second kappa shape index (κ2) is 4.27. The monoisotopic (exact) mass is 318 g/mol. The number of hydrogen-bond donors (Lipinski definition) is 1. The van der Waals surface area contributed by atoms with Crippen molar-refractivity contribution in [3.05, 3.63) is 36.4 Å². The number of rotatable bonds is 2. The van der Waals surface area contributed by atoms with Crippen molar-refractivity contribution in [3.8, 4) is 0 Å². The third kappa shape index (κ3) is 1.66. The highest BCUT2D eigenvalue weighted by Gasteiger charge is 2.59. The van der Waals surface area contributed by atoms with E-state index in [1.807, 2.05) is 12.2 Å². The first-order valence-corrected chi connectivity index (χ1v) is 8.62. The fraction of sp³-hybridized carbons (Fsp3) is 0.333. The Morgan fingerprint density at radius 1 is 1.00 bits per heavy atom. The molecule has 1 saturated heterocycles. The van der Waals surface area contributed by atoms with E-state index in [1.54, 1.807) is 6.07 Å². The number of nitrogens with zero attached hydrogens (tertiary/aromatic N) is 1. The molecule has 1 aromatic carbocycles. The summed E-state index contributed by atoms with van der Waals surface area (Å²) < 4.78 is 23.5. The lowest BCUT2D eigenvalue weighted by Crippen LogP contribution is -2.34. The molecular weight excluding hydrogens is 304 g/mol. The van der Waals surface area contributed by atoms with Gasteiger partial charge in [0.1, 0.15) is 4.90 Å². The highest BCUT2D eigenvalue weighted by Crippen LogP contribution is 2.53. The predicted octanol–water partition coefficient (Wildman–Crippen LogP) is 0.646. The number of anilines is 1. The Hall–Kier alpha value is -1.99. The van der Waals surface area contributed by atoms with Crippen LogP contribution in [-0.4, -0.2) is 20.2 Å². The molecule has 1 aliphatic heterocycles. The quantitative estimate of drug-likeness (QED) is 0.639. The number of carbonyl (C=O) groups is 2. The van der Waals surface area contributed by atoms with E-state index in [2.05, 4.69) is 0 Å². The second-order valence-corrected chi connectivity index (χ2v) is 7.55. The van der Waals surface area contributed by atoms with Gasteiger partial charge in [0.05, 0.1) is 17.5 Å². The number of primary sulfonamides is 1. The summed E-state index contributed by atoms with van der Waals surface area (Å²) in [6.45, 7) is 0. The molecule has 2 amide bonds. The molecule has 2 bridgehead atoms. The normalized spacial score (nSPS) is 32.9. The van der Waals surface area contributed by atoms with Gasteiger partial charge < -0.3 is 0 Å². The average molecular weight is 318 g/mol. The summed E-state index contributed by atoms with van der Waals surface area (Å²) >= 11 is 0. The van der Waals surface area contributed by atoms with E-state index in [0.717, 1.165) is 11.3 Å². The summed E-state index contributed by atoms with van der Waals surface area (Å²) in [5.41, 5.74) is 0.0637. The van der Waals surface area contributed by atoms with Gasteiger partial charge in [-0.05, 0) is 30.4 Å². The lowest BCUT2D eigenvalue weighted by molar-refractivity contribution is -0.123. The first kappa shape index (κ1) is 13.7. The Bertz CT molecular complexity index is 800. The molecule has 2 unspecified atom stereocenters. The van der Waals surface area contributed by atoms with Gasteiger partial charge in [0, 0.05) is 0 Å². The molecule has 0 radical (unpaired) electrons. The number of allylic oxidation sites excluding steroid dienone is 2. The topological polar surface area (TPSA) is 97.5 Å². The molecule has 2 aliphatic carbocycles. The van der Waals surface area contributed by atoms with E-state index in [9.17, 15) is 18.0 Å². The SMILES string of the molecule is NS(=O)(=O)c1ccccc1N1C(=O)[C@@H]2C3C=CC(C3)[C@@H]2C1=O. The standard InChI is InChI=1S/C15H14N2O4S/c16-22(20,21)11-4-2-1-3-10(11)17-14(18)12-8-5-6-9(7-8)13(12)15(17)19/h1-6,8-9,12-13H,7H2,(H2,16,20,21)/t8?,9?,12-,13+. The Morgan fingerprint density at radius 3 is 2.09 bits per heavy atom. The summed E-state index contributed by atoms with van der Waals surface area (Å²) in [6, 6.07) is 5.87. The Morgan fingerprint density at radius 2 is 1.55 bits per heavy atom. The van der Waals surface area contributed by atoms with Crippen LogP contribution in [0.3, 0.4) is 0 Å². The van der Waals surface area contributed by atoms with Crippen LogP contribution in [0.1, 0.15) is 6.42 Å². The van der Waals surface area contributed by atoms with Crippen LogP contribution in [0.15, 0.2) is 41.3 Å². The van der Waals surface area contributed by atoms with Crippen LogP contribution < -0.4 is 10.0 Å². The van der Waals surface area contributed by atoms with Crippen molar-refractivity contribution in [1.82, 2.24) is 0 Å².